The number of nitrogens with one attached hydrogen (secondary N) is 1. The van der Waals surface area contributed by atoms with Crippen LogP contribution in [-0.2, 0) is 0 Å². The van der Waals surface area contributed by atoms with Gasteiger partial charge >= 0.3 is 0 Å². The van der Waals surface area contributed by atoms with E-state index in [0.29, 0.717) is 11.0 Å². The van der Waals surface area contributed by atoms with Gasteiger partial charge in [-0.3, -0.25) is 4.79 Å². The van der Waals surface area contributed by atoms with Gasteiger partial charge in [0.05, 0.1) is 5.39 Å². The van der Waals surface area contributed by atoms with Gasteiger partial charge in [-0.1, -0.05) is 0 Å². The summed E-state index contributed by atoms with van der Waals surface area (Å²) in [6, 6.07) is 1.75. The van der Waals surface area contributed by atoms with Gasteiger partial charge in [0, 0.05) is 11.8 Å². The van der Waals surface area contributed by atoms with Crippen LogP contribution in [-0.4, -0.2) is 4.98 Å². The van der Waals surface area contributed by atoms with Crippen molar-refractivity contribution in [1.82, 2.24) is 4.98 Å². The molecule has 2 rings (SSSR count). The number of furan rings is 1. The van der Waals surface area contributed by atoms with Gasteiger partial charge in [-0.2, -0.15) is 0 Å². The first-order chi connectivity index (χ1) is 5.68. The van der Waals surface area contributed by atoms with Crippen LogP contribution in [0.4, 0.5) is 0 Å². The molecule has 2 aromatic rings. The van der Waals surface area contributed by atoms with Crippen molar-refractivity contribution >= 4 is 11.0 Å². The minimum absolute atomic E-state index is 0.0903. The van der Waals surface area contributed by atoms with Crippen molar-refractivity contribution in [3.8, 4) is 0 Å². The summed E-state index contributed by atoms with van der Waals surface area (Å²) in [6.45, 7) is 3.74. The summed E-state index contributed by atoms with van der Waals surface area (Å²) in [4.78, 5) is 13.9. The summed E-state index contributed by atoms with van der Waals surface area (Å²) in [6.07, 6.45) is 1.66. The van der Waals surface area contributed by atoms with Crippen LogP contribution in [0.3, 0.4) is 0 Å². The predicted octanol–water partition coefficient (Wildman–Crippen LogP) is 1.74. The molecule has 0 amide bonds. The van der Waals surface area contributed by atoms with Crippen LogP contribution in [0.25, 0.3) is 11.0 Å². The molecule has 0 atom stereocenters. The number of aromatic nitrogens is 1. The number of hydrogen-bond acceptors (Lipinski definition) is 2. The molecule has 62 valence electrons. The molecule has 2 aromatic heterocycles. The maximum atomic E-state index is 11.2. The fourth-order valence-electron chi connectivity index (χ4n) is 1.29. The third-order valence-electron chi connectivity index (χ3n) is 1.88. The Bertz CT molecular complexity index is 479. The first kappa shape index (κ1) is 7.16. The Balaban J connectivity index is 3.03. The highest BCUT2D eigenvalue weighted by molar-refractivity contribution is 5.79. The van der Waals surface area contributed by atoms with Gasteiger partial charge in [0.2, 0.25) is 0 Å². The standard InChI is InChI=1S/C9H9NO2/c1-5-4-10-9(11)7-3-6(2)12-8(5)7/h3-4H,1-2H3,(H,10,11). The number of aromatic amines is 1. The average Bonchev–Trinajstić information content (AvgIpc) is 2.41. The smallest absolute Gasteiger partial charge is 0.259 e. The summed E-state index contributed by atoms with van der Waals surface area (Å²) < 4.78 is 5.36. The molecule has 0 aliphatic carbocycles. The lowest BCUT2D eigenvalue weighted by molar-refractivity contribution is 0.576. The Morgan fingerprint density at radius 2 is 2.17 bits per heavy atom. The monoisotopic (exact) mass is 163 g/mol. The van der Waals surface area contributed by atoms with Crippen LogP contribution in [0.5, 0.6) is 0 Å². The van der Waals surface area contributed by atoms with E-state index in [1.807, 2.05) is 13.8 Å². The zero-order valence-corrected chi connectivity index (χ0v) is 6.97. The van der Waals surface area contributed by atoms with Gasteiger partial charge in [0.15, 0.2) is 0 Å². The number of rotatable bonds is 0. The molecule has 1 N–H and O–H groups in total. The number of H-pyrrole nitrogens is 1. The summed E-state index contributed by atoms with van der Waals surface area (Å²) in [5.41, 5.74) is 1.56. The summed E-state index contributed by atoms with van der Waals surface area (Å²) in [5.74, 6) is 0.768. The minimum atomic E-state index is -0.0903. The number of pyridine rings is 1. The van der Waals surface area contributed by atoms with Crippen LogP contribution < -0.4 is 5.56 Å². The van der Waals surface area contributed by atoms with E-state index in [9.17, 15) is 4.79 Å². The van der Waals surface area contributed by atoms with Crippen molar-refractivity contribution in [2.45, 2.75) is 13.8 Å². The quantitative estimate of drug-likeness (QED) is 0.643. The molecule has 0 spiro atoms. The maximum Gasteiger partial charge on any atom is 0.259 e. The molecular formula is C9H9NO2. The predicted molar refractivity (Wildman–Crippen MR) is 46.3 cm³/mol. The Morgan fingerprint density at radius 3 is 2.83 bits per heavy atom. The van der Waals surface area contributed by atoms with E-state index in [1.165, 1.54) is 0 Å². The van der Waals surface area contributed by atoms with Crippen molar-refractivity contribution in [2.75, 3.05) is 0 Å². The van der Waals surface area contributed by atoms with E-state index in [2.05, 4.69) is 4.98 Å². The van der Waals surface area contributed by atoms with Gasteiger partial charge in [0.1, 0.15) is 11.3 Å². The number of fused-ring (bicyclic) bond motifs is 1. The zero-order chi connectivity index (χ0) is 8.72. The molecule has 0 radical (unpaired) electrons. The van der Waals surface area contributed by atoms with Crippen LogP contribution >= 0.6 is 0 Å². The van der Waals surface area contributed by atoms with E-state index < -0.39 is 0 Å². The second kappa shape index (κ2) is 2.24. The molecule has 0 saturated heterocycles. The molecule has 0 bridgehead atoms. The topological polar surface area (TPSA) is 46.0 Å². The fraction of sp³-hybridized carbons (Fsp3) is 0.222. The molecule has 0 aliphatic heterocycles. The average molecular weight is 163 g/mol. The van der Waals surface area contributed by atoms with Gasteiger partial charge in [-0.05, 0) is 19.9 Å². The fourth-order valence-corrected chi connectivity index (χ4v) is 1.29. The van der Waals surface area contributed by atoms with E-state index in [4.69, 9.17) is 4.42 Å². The summed E-state index contributed by atoms with van der Waals surface area (Å²) in [7, 11) is 0. The zero-order valence-electron chi connectivity index (χ0n) is 6.97. The Labute approximate surface area is 69.0 Å². The van der Waals surface area contributed by atoms with Crippen LogP contribution in [0, 0.1) is 13.8 Å². The number of hydrogen-bond donors (Lipinski definition) is 1. The normalized spacial score (nSPS) is 10.8. The molecule has 2 heterocycles. The second-order valence-corrected chi connectivity index (χ2v) is 2.90. The molecule has 0 saturated carbocycles. The van der Waals surface area contributed by atoms with Crippen LogP contribution in [0.15, 0.2) is 21.5 Å². The van der Waals surface area contributed by atoms with E-state index in [1.54, 1.807) is 12.3 Å². The molecule has 0 aliphatic rings. The molecule has 3 nitrogen and oxygen atoms in total. The van der Waals surface area contributed by atoms with Crippen LogP contribution in [0.2, 0.25) is 0 Å². The highest BCUT2D eigenvalue weighted by Gasteiger charge is 2.05. The Morgan fingerprint density at radius 1 is 1.42 bits per heavy atom. The lowest BCUT2D eigenvalue weighted by Crippen LogP contribution is -2.03. The summed E-state index contributed by atoms with van der Waals surface area (Å²) >= 11 is 0. The third kappa shape index (κ3) is 0.863. The second-order valence-electron chi connectivity index (χ2n) is 2.90. The maximum absolute atomic E-state index is 11.2. The highest BCUT2D eigenvalue weighted by Crippen LogP contribution is 2.17. The van der Waals surface area contributed by atoms with Gasteiger partial charge in [-0.25, -0.2) is 0 Å². The van der Waals surface area contributed by atoms with E-state index in [-0.39, 0.29) is 5.56 Å². The molecule has 3 heteroatoms. The van der Waals surface area contributed by atoms with Crippen molar-refractivity contribution in [3.05, 3.63) is 33.9 Å². The first-order valence-electron chi connectivity index (χ1n) is 3.77. The first-order valence-corrected chi connectivity index (χ1v) is 3.77. The Kier molecular flexibility index (Phi) is 1.33. The van der Waals surface area contributed by atoms with Gasteiger partial charge in [0.25, 0.3) is 5.56 Å². The largest absolute Gasteiger partial charge is 0.461 e. The number of aryl methyl sites for hydroxylation is 2. The highest BCUT2D eigenvalue weighted by atomic mass is 16.3. The minimum Gasteiger partial charge on any atom is -0.461 e. The van der Waals surface area contributed by atoms with E-state index >= 15 is 0 Å². The molecule has 0 aromatic carbocycles. The SMILES string of the molecule is Cc1cc2c(=O)[nH]cc(C)c2o1. The van der Waals surface area contributed by atoms with Crippen molar-refractivity contribution in [3.63, 3.8) is 0 Å². The molecule has 12 heavy (non-hydrogen) atoms. The molecule has 0 unspecified atom stereocenters. The van der Waals surface area contributed by atoms with Gasteiger partial charge < -0.3 is 9.40 Å². The lowest BCUT2D eigenvalue weighted by atomic mass is 10.2. The van der Waals surface area contributed by atoms with Crippen LogP contribution in [0.1, 0.15) is 11.3 Å². The van der Waals surface area contributed by atoms with Crippen molar-refractivity contribution in [2.24, 2.45) is 0 Å². The van der Waals surface area contributed by atoms with Gasteiger partial charge in [-0.15, -0.1) is 0 Å². The molecular weight excluding hydrogens is 154 g/mol. The third-order valence-corrected chi connectivity index (χ3v) is 1.88. The molecule has 0 fully saturated rings. The summed E-state index contributed by atoms with van der Waals surface area (Å²) in [5, 5.41) is 0.632. The van der Waals surface area contributed by atoms with Crippen molar-refractivity contribution < 1.29 is 4.42 Å². The Hall–Kier alpha value is -1.51. The van der Waals surface area contributed by atoms with E-state index in [0.717, 1.165) is 11.3 Å². The van der Waals surface area contributed by atoms with Crippen molar-refractivity contribution in [1.29, 1.82) is 0 Å². The lowest BCUT2D eigenvalue weighted by Gasteiger charge is -1.91.